The summed E-state index contributed by atoms with van der Waals surface area (Å²) in [6, 6.07) is 19.7. The van der Waals surface area contributed by atoms with Gasteiger partial charge in [-0.3, -0.25) is 78.4 Å². The van der Waals surface area contributed by atoms with Crippen LogP contribution >= 0.6 is 0 Å². The molecule has 1 aliphatic heterocycles. The third-order valence-electron chi connectivity index (χ3n) is 15.7. The van der Waals surface area contributed by atoms with Crippen LogP contribution < -0.4 is 74.9 Å². The average molecular weight is 1360 g/mol. The molecule has 0 spiro atoms. The van der Waals surface area contributed by atoms with E-state index in [0.29, 0.717) is 73.9 Å². The molecule has 1 fully saturated rings. The Hall–Kier alpha value is -9.60. The molecule has 4 aromatic rings. The monoisotopic (exact) mass is 1350 g/mol. The molecule has 2 unspecified atom stereocenters. The number of hydrogen-bond donors (Lipinski definition) is 15. The fourth-order valence-electron chi connectivity index (χ4n) is 10.5. The van der Waals surface area contributed by atoms with Crippen LogP contribution in [0, 0.1) is 0 Å². The summed E-state index contributed by atoms with van der Waals surface area (Å²) in [5, 5.41) is 64.0. The van der Waals surface area contributed by atoms with Crippen molar-refractivity contribution in [3.05, 3.63) is 116 Å². The molecular formula is C65H94N16O16. The Morgan fingerprint density at radius 1 is 0.619 bits per heavy atom. The fourth-order valence-corrected chi connectivity index (χ4v) is 10.5. The van der Waals surface area contributed by atoms with E-state index in [4.69, 9.17) is 16.2 Å². The average Bonchev–Trinajstić information content (AvgIpc) is 0.801. The van der Waals surface area contributed by atoms with E-state index in [2.05, 4.69) is 52.8 Å². The SMILES string of the molecule is CCC(=O)NCCNC(=O)NC(N)=NCCC[C@@H](NC(=O)C(c1ccccc1)c1cccc(OCCCCNc2c(NCCNC(=O)[C@@H](CCCCN)NC(C=O)N3CCN(CC(=O)O)CCN(CC(=O)O)CCN(CC(=O)O)CC3)c(=O)c2=O)c1)C(=O)NCc1ccc(O)cc1. The number of aldehydes is 1. The molecule has 0 bridgehead atoms. The zero-order valence-corrected chi connectivity index (χ0v) is 54.8. The number of unbranched alkanes of at least 4 members (excludes halogenated alkanes) is 2. The van der Waals surface area contributed by atoms with Gasteiger partial charge < -0.3 is 78.6 Å². The molecule has 5 rings (SSSR count). The number of rotatable bonds is 41. The maximum absolute atomic E-state index is 14.6. The van der Waals surface area contributed by atoms with Gasteiger partial charge in [-0.1, -0.05) is 67.9 Å². The third-order valence-corrected chi connectivity index (χ3v) is 15.7. The highest BCUT2D eigenvalue weighted by atomic mass is 16.5. The summed E-state index contributed by atoms with van der Waals surface area (Å²) >= 11 is 0. The number of carboxylic acid groups (broad SMARTS) is 3. The van der Waals surface area contributed by atoms with E-state index >= 15 is 0 Å². The second kappa shape index (κ2) is 42.8. The smallest absolute Gasteiger partial charge is 0.321 e. The van der Waals surface area contributed by atoms with E-state index in [1.54, 1.807) is 87.2 Å². The van der Waals surface area contributed by atoms with Crippen LogP contribution in [0.15, 0.2) is 93.4 Å². The summed E-state index contributed by atoms with van der Waals surface area (Å²) in [7, 11) is 0. The van der Waals surface area contributed by atoms with E-state index in [-0.39, 0.29) is 166 Å². The number of ether oxygens (including phenoxy) is 1. The van der Waals surface area contributed by atoms with Crippen molar-refractivity contribution in [3.8, 4) is 11.5 Å². The molecule has 0 radical (unpaired) electrons. The minimum atomic E-state index is -1.11. The fraction of sp³-hybridized carbons (Fsp3) is 0.508. The van der Waals surface area contributed by atoms with Crippen molar-refractivity contribution >= 4 is 71.2 Å². The molecule has 0 aliphatic carbocycles. The first-order valence-electron chi connectivity index (χ1n) is 32.5. The number of phenolic OH excluding ortho intramolecular Hbond substituents is 1. The van der Waals surface area contributed by atoms with Crippen LogP contribution in [0.1, 0.15) is 80.9 Å². The van der Waals surface area contributed by atoms with Crippen molar-refractivity contribution < 1.29 is 68.3 Å². The maximum Gasteiger partial charge on any atom is 0.321 e. The quantitative estimate of drug-likeness (QED) is 0.00810. The molecule has 32 nitrogen and oxygen atoms in total. The van der Waals surface area contributed by atoms with Gasteiger partial charge in [0.1, 0.15) is 35.1 Å². The summed E-state index contributed by atoms with van der Waals surface area (Å²) in [5.41, 5.74) is 12.4. The number of aromatic hydroxyl groups is 1. The van der Waals surface area contributed by atoms with Gasteiger partial charge in [0.2, 0.25) is 23.6 Å². The highest BCUT2D eigenvalue weighted by Crippen LogP contribution is 2.29. The lowest BCUT2D eigenvalue weighted by Gasteiger charge is -2.36. The van der Waals surface area contributed by atoms with Crippen molar-refractivity contribution in [2.24, 2.45) is 16.5 Å². The Kier molecular flexibility index (Phi) is 34.4. The molecule has 1 heterocycles. The van der Waals surface area contributed by atoms with Gasteiger partial charge in [0.25, 0.3) is 10.9 Å². The number of phenols is 1. The first-order chi connectivity index (χ1) is 46.7. The number of carboxylic acids is 3. The number of nitrogens with two attached hydrogens (primary N) is 2. The zero-order valence-electron chi connectivity index (χ0n) is 54.8. The van der Waals surface area contributed by atoms with Gasteiger partial charge >= 0.3 is 23.9 Å². The molecule has 4 atom stereocenters. The number of benzene rings is 3. The van der Waals surface area contributed by atoms with Crippen LogP contribution in [0.5, 0.6) is 11.5 Å². The highest BCUT2D eigenvalue weighted by molar-refractivity contribution is 5.95. The number of carbonyl (C=O) groups excluding carboxylic acids is 6. The Balaban J connectivity index is 1.15. The minimum absolute atomic E-state index is 0.00560. The van der Waals surface area contributed by atoms with E-state index in [0.717, 1.165) is 0 Å². The third kappa shape index (κ3) is 28.7. The predicted molar refractivity (Wildman–Crippen MR) is 362 cm³/mol. The van der Waals surface area contributed by atoms with Crippen molar-refractivity contribution in [3.63, 3.8) is 0 Å². The Morgan fingerprint density at radius 3 is 1.78 bits per heavy atom. The van der Waals surface area contributed by atoms with E-state index < -0.39 is 76.7 Å². The number of aliphatic carboxylic acids is 3. The largest absolute Gasteiger partial charge is 0.508 e. The summed E-state index contributed by atoms with van der Waals surface area (Å²) in [4.78, 5) is 151. The number of nitrogens with one attached hydrogen (secondary N) is 9. The molecule has 6 amide bonds. The van der Waals surface area contributed by atoms with Gasteiger partial charge in [0, 0.05) is 105 Å². The topological polar surface area (TPSA) is 464 Å². The zero-order chi connectivity index (χ0) is 70.5. The number of nitrogens with zero attached hydrogens (tertiary/aromatic N) is 5. The molecule has 17 N–H and O–H groups in total. The van der Waals surface area contributed by atoms with Gasteiger partial charge in [0.05, 0.1) is 38.2 Å². The molecule has 0 aromatic heterocycles. The summed E-state index contributed by atoms with van der Waals surface area (Å²) in [5.74, 6) is -5.45. The van der Waals surface area contributed by atoms with Crippen molar-refractivity contribution in [2.45, 2.75) is 89.0 Å². The lowest BCUT2D eigenvalue weighted by atomic mass is 9.90. The maximum atomic E-state index is 14.6. The molecule has 0 saturated carbocycles. The van der Waals surface area contributed by atoms with Gasteiger partial charge in [-0.2, -0.15) is 0 Å². The van der Waals surface area contributed by atoms with Crippen LogP contribution in [-0.4, -0.2) is 243 Å². The molecule has 1 aliphatic rings. The second-order valence-electron chi connectivity index (χ2n) is 23.1. The van der Waals surface area contributed by atoms with E-state index in [1.165, 1.54) is 12.1 Å². The number of guanidine groups is 1. The Morgan fingerprint density at radius 2 is 1.19 bits per heavy atom. The second-order valence-corrected chi connectivity index (χ2v) is 23.1. The molecular weight excluding hydrogens is 1260 g/mol. The van der Waals surface area contributed by atoms with Crippen LogP contribution in [-0.2, 0) is 44.9 Å². The Bertz CT molecular complexity index is 3250. The summed E-state index contributed by atoms with van der Waals surface area (Å²) < 4.78 is 6.15. The molecule has 1 saturated heterocycles. The number of hydrogen-bond acceptors (Lipinski definition) is 22. The van der Waals surface area contributed by atoms with Gasteiger partial charge in [0.15, 0.2) is 12.2 Å². The highest BCUT2D eigenvalue weighted by Gasteiger charge is 2.31. The normalized spacial score (nSPS) is 15.0. The van der Waals surface area contributed by atoms with Crippen molar-refractivity contribution in [1.82, 2.24) is 56.8 Å². The summed E-state index contributed by atoms with van der Waals surface area (Å²) in [6.07, 6.45) is 2.61. The molecule has 4 aromatic carbocycles. The Labute approximate surface area is 562 Å². The molecule has 97 heavy (non-hydrogen) atoms. The van der Waals surface area contributed by atoms with Crippen LogP contribution in [0.3, 0.4) is 0 Å². The van der Waals surface area contributed by atoms with Crippen molar-refractivity contribution in [1.29, 1.82) is 0 Å². The summed E-state index contributed by atoms with van der Waals surface area (Å²) in [6.45, 7) is 3.40. The molecule has 530 valence electrons. The van der Waals surface area contributed by atoms with E-state index in [1.807, 2.05) is 6.07 Å². The van der Waals surface area contributed by atoms with Gasteiger partial charge in [-0.25, -0.2) is 4.79 Å². The first kappa shape index (κ1) is 78.1. The van der Waals surface area contributed by atoms with Crippen molar-refractivity contribution in [2.75, 3.05) is 135 Å². The number of aliphatic imine (C=N–C) groups is 1. The van der Waals surface area contributed by atoms with Gasteiger partial charge in [-0.05, 0) is 86.0 Å². The molecule has 32 heteroatoms. The number of urea groups is 1. The van der Waals surface area contributed by atoms with Crippen LogP contribution in [0.25, 0.3) is 0 Å². The number of carbonyl (C=O) groups is 9. The van der Waals surface area contributed by atoms with Gasteiger partial charge in [-0.15, -0.1) is 0 Å². The van der Waals surface area contributed by atoms with Crippen LogP contribution in [0.2, 0.25) is 0 Å². The lowest BCUT2D eigenvalue weighted by molar-refractivity contribution is -0.140. The number of amides is 6. The minimum Gasteiger partial charge on any atom is -0.508 e. The van der Waals surface area contributed by atoms with E-state index in [9.17, 15) is 73.2 Å². The first-order valence-corrected chi connectivity index (χ1v) is 32.5. The lowest BCUT2D eigenvalue weighted by Crippen LogP contribution is -2.58. The van der Waals surface area contributed by atoms with Crippen LogP contribution in [0.4, 0.5) is 16.2 Å². The number of anilines is 2. The predicted octanol–water partition coefficient (Wildman–Crippen LogP) is -1.27. The standard InChI is InChI=1S/C65H94N16O16/c1-2-52(84)68-25-28-73-65(96)77-64(67)72-24-11-17-50(62(94)74-39-44-18-20-47(83)21-19-44)76-63(95)56(45-12-4-3-5-13-45)46-14-10-15-48(38-46)97-37-9-8-23-69-57-58(60(92)59(57)91)70-26-27-71-61(93)49(16-6-7-22-66)75-51(43-82)81-35-33-79(41-54(87)88)31-29-78(40-53(85)86)30-32-80(34-36-81)42-55(89)90/h3-5,10,12-15,18-21,38,43,49-51,56,69-70,75,83H,2,6-9,11,16-17,22-37,39-42,66H2,1H3,(H,68,84)(H,71,93)(H,74,94)(H,76,95)(H,85,86)(H,87,88)(H,89,90)(H4,67,72,73,77,96)/t49-,50-,51?,56?/m1/s1.